The first-order valence-corrected chi connectivity index (χ1v) is 8.89. The lowest BCUT2D eigenvalue weighted by Gasteiger charge is -2.31. The molecule has 0 N–H and O–H groups in total. The number of nitrogens with zero attached hydrogens (tertiary/aromatic N) is 6. The Morgan fingerprint density at radius 1 is 1.15 bits per heavy atom. The minimum Gasteiger partial charge on any atom is -0.376 e. The molecule has 7 nitrogen and oxygen atoms in total. The van der Waals surface area contributed by atoms with Gasteiger partial charge in [0.1, 0.15) is 5.69 Å². The summed E-state index contributed by atoms with van der Waals surface area (Å²) in [4.78, 5) is 2.39. The second-order valence-corrected chi connectivity index (χ2v) is 6.93. The number of ether oxygens (including phenoxy) is 1. The van der Waals surface area contributed by atoms with Gasteiger partial charge in [0.15, 0.2) is 0 Å². The van der Waals surface area contributed by atoms with Crippen LogP contribution in [0.15, 0.2) is 42.7 Å². The Morgan fingerprint density at radius 2 is 2.00 bits per heavy atom. The molecule has 0 bridgehead atoms. The third kappa shape index (κ3) is 3.68. The van der Waals surface area contributed by atoms with Crippen molar-refractivity contribution >= 4 is 0 Å². The lowest BCUT2D eigenvalue weighted by molar-refractivity contribution is 0.0830. The minimum atomic E-state index is 0.263. The molecule has 0 saturated heterocycles. The van der Waals surface area contributed by atoms with Crippen LogP contribution in [0.2, 0.25) is 0 Å². The average molecular weight is 352 g/mol. The summed E-state index contributed by atoms with van der Waals surface area (Å²) in [5.74, 6) is 0.263. The molecule has 1 unspecified atom stereocenters. The van der Waals surface area contributed by atoms with E-state index in [9.17, 15) is 0 Å². The number of fused-ring (bicyclic) bond motifs is 1. The monoisotopic (exact) mass is 352 g/mol. The molecule has 0 aliphatic carbocycles. The van der Waals surface area contributed by atoms with Gasteiger partial charge in [-0.05, 0) is 5.56 Å². The largest absolute Gasteiger partial charge is 0.376 e. The van der Waals surface area contributed by atoms with E-state index in [1.807, 2.05) is 47.9 Å². The molecule has 0 radical (unpaired) electrons. The van der Waals surface area contributed by atoms with Crippen LogP contribution in [-0.2, 0) is 38.5 Å². The summed E-state index contributed by atoms with van der Waals surface area (Å²) in [6.07, 6.45) is 3.99. The van der Waals surface area contributed by atoms with E-state index >= 15 is 0 Å². The fourth-order valence-corrected chi connectivity index (χ4v) is 3.65. The maximum Gasteiger partial charge on any atom is 0.100 e. The van der Waals surface area contributed by atoms with Crippen molar-refractivity contribution < 1.29 is 4.74 Å². The highest BCUT2D eigenvalue weighted by Crippen LogP contribution is 2.28. The Labute approximate surface area is 153 Å². The zero-order chi connectivity index (χ0) is 17.9. The number of hydrogen-bond acceptors (Lipinski definition) is 5. The van der Waals surface area contributed by atoms with Crippen LogP contribution in [0.5, 0.6) is 0 Å². The van der Waals surface area contributed by atoms with Crippen molar-refractivity contribution in [1.29, 1.82) is 0 Å². The predicted octanol–water partition coefficient (Wildman–Crippen LogP) is 1.86. The van der Waals surface area contributed by atoms with Gasteiger partial charge in [-0.3, -0.25) is 14.3 Å². The van der Waals surface area contributed by atoms with E-state index in [1.54, 1.807) is 0 Å². The van der Waals surface area contributed by atoms with Gasteiger partial charge in [0.2, 0.25) is 0 Å². The highest BCUT2D eigenvalue weighted by molar-refractivity contribution is 5.20. The summed E-state index contributed by atoms with van der Waals surface area (Å²) in [6, 6.07) is 10.3. The van der Waals surface area contributed by atoms with E-state index in [4.69, 9.17) is 4.74 Å². The average Bonchev–Trinajstić information content (AvgIpc) is 3.22. The van der Waals surface area contributed by atoms with E-state index in [-0.39, 0.29) is 5.92 Å². The van der Waals surface area contributed by atoms with Crippen LogP contribution in [0.4, 0.5) is 0 Å². The zero-order valence-corrected chi connectivity index (χ0v) is 15.2. The van der Waals surface area contributed by atoms with Crippen molar-refractivity contribution in [1.82, 2.24) is 29.7 Å². The van der Waals surface area contributed by atoms with Gasteiger partial charge >= 0.3 is 0 Å². The molecule has 136 valence electrons. The first-order valence-electron chi connectivity index (χ1n) is 8.89. The standard InChI is InChI=1S/C19H24N6O/c1-23-9-16(8-20-23)10-25-11-17(19-18(12-25)21-22-24(19)2)14-26-13-15-6-4-3-5-7-15/h3-9,17H,10-14H2,1-2H3. The first-order chi connectivity index (χ1) is 12.7. The molecular weight excluding hydrogens is 328 g/mol. The normalized spacial score (nSPS) is 17.4. The highest BCUT2D eigenvalue weighted by Gasteiger charge is 2.30. The smallest absolute Gasteiger partial charge is 0.100 e. The number of benzene rings is 1. The van der Waals surface area contributed by atoms with Crippen LogP contribution < -0.4 is 0 Å². The first kappa shape index (κ1) is 16.9. The number of hydrogen-bond donors (Lipinski definition) is 0. The van der Waals surface area contributed by atoms with E-state index in [0.717, 1.165) is 25.3 Å². The molecule has 0 spiro atoms. The third-order valence-electron chi connectivity index (χ3n) is 4.78. The summed E-state index contributed by atoms with van der Waals surface area (Å²) in [6.45, 7) is 3.89. The maximum atomic E-state index is 6.03. The van der Waals surface area contributed by atoms with Crippen LogP contribution in [0, 0.1) is 0 Å². The topological polar surface area (TPSA) is 61.0 Å². The Morgan fingerprint density at radius 3 is 2.77 bits per heavy atom. The molecule has 3 aromatic rings. The van der Waals surface area contributed by atoms with Crippen LogP contribution in [0.1, 0.15) is 28.4 Å². The summed E-state index contributed by atoms with van der Waals surface area (Å²) >= 11 is 0. The van der Waals surface area contributed by atoms with Crippen LogP contribution in [0.25, 0.3) is 0 Å². The van der Waals surface area contributed by atoms with Crippen LogP contribution >= 0.6 is 0 Å². The molecule has 7 heteroatoms. The van der Waals surface area contributed by atoms with E-state index < -0.39 is 0 Å². The molecule has 1 aromatic carbocycles. The molecule has 3 heterocycles. The minimum absolute atomic E-state index is 0.263. The Kier molecular flexibility index (Phi) is 4.81. The molecule has 2 aromatic heterocycles. The lowest BCUT2D eigenvalue weighted by Crippen LogP contribution is -2.35. The van der Waals surface area contributed by atoms with Gasteiger partial charge < -0.3 is 4.74 Å². The highest BCUT2D eigenvalue weighted by atomic mass is 16.5. The van der Waals surface area contributed by atoms with E-state index in [0.29, 0.717) is 13.2 Å². The van der Waals surface area contributed by atoms with Crippen molar-refractivity contribution in [2.24, 2.45) is 14.1 Å². The number of rotatable bonds is 6. The van der Waals surface area contributed by atoms with E-state index in [1.165, 1.54) is 16.8 Å². The Hall–Kier alpha value is -2.51. The van der Waals surface area contributed by atoms with Crippen molar-refractivity contribution in [2.45, 2.75) is 25.6 Å². The lowest BCUT2D eigenvalue weighted by atomic mass is 9.98. The van der Waals surface area contributed by atoms with Gasteiger partial charge in [-0.25, -0.2) is 0 Å². The quantitative estimate of drug-likeness (QED) is 0.678. The summed E-state index contributed by atoms with van der Waals surface area (Å²) < 4.78 is 9.77. The fourth-order valence-electron chi connectivity index (χ4n) is 3.65. The van der Waals surface area contributed by atoms with Crippen molar-refractivity contribution in [2.75, 3.05) is 13.2 Å². The van der Waals surface area contributed by atoms with Crippen molar-refractivity contribution in [3.63, 3.8) is 0 Å². The second-order valence-electron chi connectivity index (χ2n) is 6.93. The summed E-state index contributed by atoms with van der Waals surface area (Å²) in [7, 11) is 3.91. The molecule has 0 fully saturated rings. The molecule has 4 rings (SSSR count). The van der Waals surface area contributed by atoms with Crippen molar-refractivity contribution in [3.05, 3.63) is 65.2 Å². The van der Waals surface area contributed by atoms with Crippen molar-refractivity contribution in [3.8, 4) is 0 Å². The van der Waals surface area contributed by atoms with Gasteiger partial charge in [0.25, 0.3) is 0 Å². The SMILES string of the molecule is Cn1cc(CN2Cc3nnn(C)c3C(COCc3ccccc3)C2)cn1. The molecule has 1 atom stereocenters. The third-order valence-corrected chi connectivity index (χ3v) is 4.78. The fraction of sp³-hybridized carbons (Fsp3) is 0.421. The van der Waals surface area contributed by atoms with Gasteiger partial charge in [-0.1, -0.05) is 35.5 Å². The van der Waals surface area contributed by atoms with E-state index in [2.05, 4.69) is 38.6 Å². The predicted molar refractivity (Wildman–Crippen MR) is 97.2 cm³/mol. The van der Waals surface area contributed by atoms with Gasteiger partial charge in [0.05, 0.1) is 25.1 Å². The van der Waals surface area contributed by atoms with Crippen LogP contribution in [-0.4, -0.2) is 42.8 Å². The summed E-state index contributed by atoms with van der Waals surface area (Å²) in [5, 5.41) is 12.9. The van der Waals surface area contributed by atoms with Crippen LogP contribution in [0.3, 0.4) is 0 Å². The van der Waals surface area contributed by atoms with Gasteiger partial charge in [-0.2, -0.15) is 5.10 Å². The second kappa shape index (κ2) is 7.39. The molecular formula is C19H24N6O. The van der Waals surface area contributed by atoms with Gasteiger partial charge in [-0.15, -0.1) is 5.10 Å². The molecule has 0 saturated carbocycles. The molecule has 1 aliphatic heterocycles. The molecule has 26 heavy (non-hydrogen) atoms. The number of aryl methyl sites for hydroxylation is 2. The molecule has 1 aliphatic rings. The zero-order valence-electron chi connectivity index (χ0n) is 15.2. The summed E-state index contributed by atoms with van der Waals surface area (Å²) in [5.41, 5.74) is 4.65. The number of aromatic nitrogens is 5. The molecule has 0 amide bonds. The Bertz CT molecular complexity index is 856. The maximum absolute atomic E-state index is 6.03. The van der Waals surface area contributed by atoms with Gasteiger partial charge in [0, 0.05) is 51.4 Å². The Balaban J connectivity index is 1.44.